The van der Waals surface area contributed by atoms with Crippen molar-refractivity contribution in [1.82, 2.24) is 0 Å². The molecular weight excluding hydrogens is 403 g/mol. The number of carbonyl (C=O) groups excluding carboxylic acids is 1. The molecule has 3 aromatic carbocycles. The number of ketones is 1. The molecule has 0 spiro atoms. The van der Waals surface area contributed by atoms with E-state index in [0.717, 1.165) is 20.9 Å². The van der Waals surface area contributed by atoms with Gasteiger partial charge in [-0.25, -0.2) is 0 Å². The lowest BCUT2D eigenvalue weighted by molar-refractivity contribution is 0.0990. The fourth-order valence-corrected chi connectivity index (χ4v) is 6.28. The first-order chi connectivity index (χ1) is 12.6. The SMILES string of the molecule is O=C1c2ccc(Cl)cc2C[C@@]1(Sc1ccccc1)Sc1ccc(Cl)cc1. The molecule has 0 saturated heterocycles. The van der Waals surface area contributed by atoms with Crippen LogP contribution in [-0.2, 0) is 6.42 Å². The Bertz CT molecular complexity index is 958. The molecule has 5 heteroatoms. The van der Waals surface area contributed by atoms with Crippen molar-refractivity contribution in [3.05, 3.63) is 94.0 Å². The van der Waals surface area contributed by atoms with Crippen LogP contribution in [0.1, 0.15) is 15.9 Å². The molecule has 1 aliphatic rings. The van der Waals surface area contributed by atoms with E-state index in [9.17, 15) is 4.79 Å². The Morgan fingerprint density at radius 3 is 2.08 bits per heavy atom. The van der Waals surface area contributed by atoms with Gasteiger partial charge in [0.15, 0.2) is 5.78 Å². The number of rotatable bonds is 4. The zero-order valence-electron chi connectivity index (χ0n) is 13.6. The van der Waals surface area contributed by atoms with Crippen molar-refractivity contribution < 1.29 is 4.79 Å². The number of carbonyl (C=O) groups is 1. The lowest BCUT2D eigenvalue weighted by Crippen LogP contribution is -2.28. The molecule has 0 heterocycles. The lowest BCUT2D eigenvalue weighted by atomic mass is 10.1. The smallest absolute Gasteiger partial charge is 0.190 e. The number of hydrogen-bond acceptors (Lipinski definition) is 3. The average molecular weight is 417 g/mol. The Labute approximate surface area is 171 Å². The Kier molecular flexibility index (Phi) is 5.07. The Morgan fingerprint density at radius 2 is 1.38 bits per heavy atom. The Balaban J connectivity index is 1.75. The molecule has 1 atom stereocenters. The molecule has 130 valence electrons. The third-order valence-corrected chi connectivity index (χ3v) is 7.53. The summed E-state index contributed by atoms with van der Waals surface area (Å²) in [7, 11) is 0. The maximum Gasteiger partial charge on any atom is 0.190 e. The van der Waals surface area contributed by atoms with E-state index in [2.05, 4.69) is 0 Å². The second kappa shape index (κ2) is 7.32. The molecule has 0 saturated carbocycles. The van der Waals surface area contributed by atoms with Gasteiger partial charge in [-0.15, -0.1) is 0 Å². The van der Waals surface area contributed by atoms with Crippen molar-refractivity contribution in [3.63, 3.8) is 0 Å². The number of Topliss-reactive ketones (excluding diaryl/α,β-unsaturated/α-hetero) is 1. The first-order valence-corrected chi connectivity index (χ1v) is 10.5. The molecule has 1 aliphatic carbocycles. The summed E-state index contributed by atoms with van der Waals surface area (Å²) in [6.45, 7) is 0. The summed E-state index contributed by atoms with van der Waals surface area (Å²) < 4.78 is -0.651. The van der Waals surface area contributed by atoms with Gasteiger partial charge in [-0.1, -0.05) is 64.9 Å². The van der Waals surface area contributed by atoms with E-state index in [1.807, 2.05) is 66.7 Å². The number of halogens is 2. The second-order valence-electron chi connectivity index (χ2n) is 6.03. The van der Waals surface area contributed by atoms with Crippen LogP contribution in [0.2, 0.25) is 10.0 Å². The van der Waals surface area contributed by atoms with E-state index in [0.29, 0.717) is 16.5 Å². The fourth-order valence-electron chi connectivity index (χ4n) is 3.02. The minimum absolute atomic E-state index is 0.137. The van der Waals surface area contributed by atoms with Crippen LogP contribution < -0.4 is 0 Å². The highest BCUT2D eigenvalue weighted by molar-refractivity contribution is 8.19. The first-order valence-electron chi connectivity index (χ1n) is 8.08. The largest absolute Gasteiger partial charge is 0.292 e. The Hall–Kier alpha value is -1.39. The van der Waals surface area contributed by atoms with Crippen molar-refractivity contribution in [1.29, 1.82) is 0 Å². The lowest BCUT2D eigenvalue weighted by Gasteiger charge is -2.26. The van der Waals surface area contributed by atoms with E-state index in [1.165, 1.54) is 0 Å². The molecular formula is C21H14Cl2OS2. The maximum atomic E-state index is 13.4. The van der Waals surface area contributed by atoms with Crippen LogP contribution in [0.4, 0.5) is 0 Å². The zero-order chi connectivity index (χ0) is 18.1. The maximum absolute atomic E-state index is 13.4. The van der Waals surface area contributed by atoms with Crippen LogP contribution in [-0.4, -0.2) is 9.86 Å². The van der Waals surface area contributed by atoms with Gasteiger partial charge in [-0.3, -0.25) is 4.79 Å². The van der Waals surface area contributed by atoms with Gasteiger partial charge < -0.3 is 0 Å². The van der Waals surface area contributed by atoms with Gasteiger partial charge in [-0.2, -0.15) is 0 Å². The van der Waals surface area contributed by atoms with Crippen LogP contribution >= 0.6 is 46.7 Å². The van der Waals surface area contributed by atoms with Crippen molar-refractivity contribution in [2.75, 3.05) is 0 Å². The highest BCUT2D eigenvalue weighted by atomic mass is 35.5. The summed E-state index contributed by atoms with van der Waals surface area (Å²) in [5, 5.41) is 1.35. The molecule has 0 radical (unpaired) electrons. The van der Waals surface area contributed by atoms with E-state index in [-0.39, 0.29) is 5.78 Å². The number of benzene rings is 3. The van der Waals surface area contributed by atoms with Gasteiger partial charge in [0, 0.05) is 31.8 Å². The first kappa shape index (κ1) is 18.0. The highest BCUT2D eigenvalue weighted by Crippen LogP contribution is 2.53. The van der Waals surface area contributed by atoms with Gasteiger partial charge in [0.2, 0.25) is 0 Å². The van der Waals surface area contributed by atoms with Crippen molar-refractivity contribution in [2.24, 2.45) is 0 Å². The third-order valence-electron chi connectivity index (χ3n) is 4.20. The van der Waals surface area contributed by atoms with E-state index in [1.54, 1.807) is 29.6 Å². The van der Waals surface area contributed by atoms with E-state index >= 15 is 0 Å². The minimum Gasteiger partial charge on any atom is -0.292 e. The minimum atomic E-state index is -0.651. The van der Waals surface area contributed by atoms with Gasteiger partial charge in [0.25, 0.3) is 0 Å². The van der Waals surface area contributed by atoms with Gasteiger partial charge in [0.1, 0.15) is 4.08 Å². The normalized spacial score (nSPS) is 18.8. The molecule has 1 nitrogen and oxygen atoms in total. The summed E-state index contributed by atoms with van der Waals surface area (Å²) in [5.74, 6) is 0.137. The monoisotopic (exact) mass is 416 g/mol. The molecule has 0 bridgehead atoms. The van der Waals surface area contributed by atoms with Crippen LogP contribution in [0.5, 0.6) is 0 Å². The summed E-state index contributed by atoms with van der Waals surface area (Å²) in [6.07, 6.45) is 0.634. The third kappa shape index (κ3) is 3.54. The summed E-state index contributed by atoms with van der Waals surface area (Å²) in [6, 6.07) is 23.2. The molecule has 3 aromatic rings. The van der Waals surface area contributed by atoms with Crippen molar-refractivity contribution in [3.8, 4) is 0 Å². The van der Waals surface area contributed by atoms with Crippen molar-refractivity contribution in [2.45, 2.75) is 20.3 Å². The van der Waals surface area contributed by atoms with Crippen LogP contribution in [0.25, 0.3) is 0 Å². The van der Waals surface area contributed by atoms with Crippen LogP contribution in [0.3, 0.4) is 0 Å². The fraction of sp³-hybridized carbons (Fsp3) is 0.0952. The second-order valence-corrected chi connectivity index (χ2v) is 9.91. The Morgan fingerprint density at radius 1 is 0.769 bits per heavy atom. The highest BCUT2D eigenvalue weighted by Gasteiger charge is 2.47. The zero-order valence-corrected chi connectivity index (χ0v) is 16.8. The molecule has 26 heavy (non-hydrogen) atoms. The van der Waals surface area contributed by atoms with Gasteiger partial charge in [-0.05, 0) is 60.2 Å². The molecule has 0 aromatic heterocycles. The molecule has 0 N–H and O–H groups in total. The number of fused-ring (bicyclic) bond motifs is 1. The molecule has 0 amide bonds. The van der Waals surface area contributed by atoms with Gasteiger partial charge >= 0.3 is 0 Å². The standard InChI is InChI=1S/C21H14Cl2OS2/c22-15-6-9-18(10-7-15)26-21(25-17-4-2-1-3-5-17)13-14-12-16(23)8-11-19(14)20(21)24/h1-12H,13H2/t21-/m1/s1. The van der Waals surface area contributed by atoms with Crippen LogP contribution in [0.15, 0.2) is 82.6 Å². The predicted molar refractivity (Wildman–Crippen MR) is 112 cm³/mol. The summed E-state index contributed by atoms with van der Waals surface area (Å²) >= 11 is 15.4. The quantitative estimate of drug-likeness (QED) is 0.425. The average Bonchev–Trinajstić information content (AvgIpc) is 2.89. The molecule has 0 fully saturated rings. The van der Waals surface area contributed by atoms with Crippen LogP contribution in [0, 0.1) is 0 Å². The van der Waals surface area contributed by atoms with E-state index < -0.39 is 4.08 Å². The summed E-state index contributed by atoms with van der Waals surface area (Å²) in [5.41, 5.74) is 1.77. The molecule has 0 aliphatic heterocycles. The topological polar surface area (TPSA) is 17.1 Å². The predicted octanol–water partition coefficient (Wildman–Crippen LogP) is 7.01. The number of thioether (sulfide) groups is 2. The molecule has 0 unspecified atom stereocenters. The van der Waals surface area contributed by atoms with Crippen molar-refractivity contribution >= 4 is 52.5 Å². The van der Waals surface area contributed by atoms with Gasteiger partial charge in [0.05, 0.1) is 0 Å². The molecule has 4 rings (SSSR count). The summed E-state index contributed by atoms with van der Waals surface area (Å²) in [4.78, 5) is 15.5. The van der Waals surface area contributed by atoms with E-state index in [4.69, 9.17) is 23.2 Å². The number of hydrogen-bond donors (Lipinski definition) is 0.